The van der Waals surface area contributed by atoms with Crippen LogP contribution in [-0.2, 0) is 9.78 Å². The molecule has 1 radical (unpaired) electrons. The molecule has 0 aliphatic rings. The van der Waals surface area contributed by atoms with Crippen molar-refractivity contribution < 1.29 is 14.6 Å². The van der Waals surface area contributed by atoms with Crippen LogP contribution in [0.1, 0.15) is 31.1 Å². The fourth-order valence-corrected chi connectivity index (χ4v) is 2.53. The van der Waals surface area contributed by atoms with Gasteiger partial charge in [-0.25, -0.2) is 4.79 Å². The lowest BCUT2D eigenvalue weighted by Crippen LogP contribution is -2.37. The fraction of sp³-hybridized carbons (Fsp3) is 0.467. The quantitative estimate of drug-likeness (QED) is 0.480. The molecule has 1 aromatic rings. The Balaban J connectivity index is 2.59. The van der Waals surface area contributed by atoms with Crippen LogP contribution in [0.25, 0.3) is 0 Å². The Hall–Kier alpha value is -1.13. The highest BCUT2D eigenvalue weighted by Crippen LogP contribution is 2.18. The molecule has 4 heteroatoms. The minimum absolute atomic E-state index is 0.151. The van der Waals surface area contributed by atoms with Crippen molar-refractivity contribution in [3.05, 3.63) is 36.4 Å². The Morgan fingerprint density at radius 1 is 1.11 bits per heavy atom. The van der Waals surface area contributed by atoms with Crippen molar-refractivity contribution in [2.75, 3.05) is 0 Å². The summed E-state index contributed by atoms with van der Waals surface area (Å²) in [5.41, 5.74) is 0.353. The van der Waals surface area contributed by atoms with Crippen LogP contribution >= 0.6 is 0 Å². The molecule has 3 nitrogen and oxygen atoms in total. The highest BCUT2D eigenvalue weighted by Gasteiger charge is 2.18. The lowest BCUT2D eigenvalue weighted by molar-refractivity contribution is -0.224. The number of carbonyl (C=O) groups excluding carboxylic acids is 1. The molecule has 1 aromatic carbocycles. The average molecular weight is 279 g/mol. The van der Waals surface area contributed by atoms with Crippen LogP contribution in [0, 0.1) is 12.0 Å². The molecule has 0 unspecified atom stereocenters. The van der Waals surface area contributed by atoms with Crippen molar-refractivity contribution in [3.63, 3.8) is 0 Å². The SMILES string of the molecule is CC(C)(C)[CH]OOC(=O)c1ccc([Si](C)(C)C)cc1. The number of hydrogen-bond acceptors (Lipinski definition) is 3. The van der Waals surface area contributed by atoms with E-state index in [4.69, 9.17) is 9.78 Å². The predicted molar refractivity (Wildman–Crippen MR) is 79.7 cm³/mol. The molecule has 0 spiro atoms. The topological polar surface area (TPSA) is 35.5 Å². The van der Waals surface area contributed by atoms with Crippen molar-refractivity contribution in [1.82, 2.24) is 0 Å². The van der Waals surface area contributed by atoms with Crippen LogP contribution in [0.2, 0.25) is 19.6 Å². The Bertz CT molecular complexity index is 424. The van der Waals surface area contributed by atoms with Gasteiger partial charge in [-0.2, -0.15) is 4.89 Å². The van der Waals surface area contributed by atoms with Gasteiger partial charge in [-0.3, -0.25) is 4.89 Å². The second kappa shape index (κ2) is 5.88. The summed E-state index contributed by atoms with van der Waals surface area (Å²) >= 11 is 0. The molecule has 105 valence electrons. The van der Waals surface area contributed by atoms with E-state index in [9.17, 15) is 4.79 Å². The van der Waals surface area contributed by atoms with E-state index in [2.05, 4.69) is 19.6 Å². The molecule has 0 aromatic heterocycles. The van der Waals surface area contributed by atoms with E-state index in [-0.39, 0.29) is 5.41 Å². The molecular formula is C15H23O3Si. The summed E-state index contributed by atoms with van der Waals surface area (Å²) in [6.45, 7) is 14.2. The van der Waals surface area contributed by atoms with E-state index in [1.165, 1.54) is 11.8 Å². The van der Waals surface area contributed by atoms with Gasteiger partial charge in [0, 0.05) is 0 Å². The van der Waals surface area contributed by atoms with Gasteiger partial charge in [0.1, 0.15) is 6.61 Å². The third-order valence-corrected chi connectivity index (χ3v) is 4.58. The minimum atomic E-state index is -1.33. The Kier molecular flexibility index (Phi) is 4.93. The smallest absolute Gasteiger partial charge is 0.292 e. The third-order valence-electron chi connectivity index (χ3n) is 2.51. The molecule has 0 bridgehead atoms. The monoisotopic (exact) mass is 279 g/mol. The highest BCUT2D eigenvalue weighted by atomic mass is 28.3. The number of hydrogen-bond donors (Lipinski definition) is 0. The molecule has 0 saturated heterocycles. The number of rotatable bonds is 4. The third kappa shape index (κ3) is 5.57. The molecule has 0 aliphatic heterocycles. The zero-order valence-electron chi connectivity index (χ0n) is 12.6. The van der Waals surface area contributed by atoms with E-state index in [0.717, 1.165) is 0 Å². The van der Waals surface area contributed by atoms with Crippen molar-refractivity contribution in [2.45, 2.75) is 40.4 Å². The fourth-order valence-electron chi connectivity index (χ4n) is 1.37. The lowest BCUT2D eigenvalue weighted by atomic mass is 9.99. The van der Waals surface area contributed by atoms with Gasteiger partial charge in [-0.15, -0.1) is 0 Å². The van der Waals surface area contributed by atoms with Crippen molar-refractivity contribution in [1.29, 1.82) is 0 Å². The standard InChI is InChI=1S/C15H23O3Si/c1-15(2,3)11-17-18-14(16)12-7-9-13(10-8-12)19(4,5)6/h7-11H,1-6H3. The van der Waals surface area contributed by atoms with Gasteiger partial charge in [0.2, 0.25) is 0 Å². The maximum absolute atomic E-state index is 11.7. The van der Waals surface area contributed by atoms with E-state index >= 15 is 0 Å². The first-order valence-electron chi connectivity index (χ1n) is 6.42. The second-order valence-corrected chi connectivity index (χ2v) is 11.9. The molecule has 1 rings (SSSR count). The molecule has 0 saturated carbocycles. The van der Waals surface area contributed by atoms with Crippen LogP contribution in [0.3, 0.4) is 0 Å². The molecular weight excluding hydrogens is 256 g/mol. The van der Waals surface area contributed by atoms with Gasteiger partial charge in [-0.05, 0) is 17.5 Å². The summed E-state index contributed by atoms with van der Waals surface area (Å²) in [6, 6.07) is 7.57. The van der Waals surface area contributed by atoms with Crippen molar-refractivity contribution in [3.8, 4) is 0 Å². The van der Waals surface area contributed by atoms with E-state index in [1.54, 1.807) is 12.1 Å². The molecule has 19 heavy (non-hydrogen) atoms. The lowest BCUT2D eigenvalue weighted by Gasteiger charge is -2.17. The maximum atomic E-state index is 11.7. The minimum Gasteiger partial charge on any atom is -0.292 e. The Morgan fingerprint density at radius 2 is 1.63 bits per heavy atom. The van der Waals surface area contributed by atoms with Gasteiger partial charge < -0.3 is 0 Å². The first kappa shape index (κ1) is 15.9. The first-order valence-corrected chi connectivity index (χ1v) is 9.92. The summed E-state index contributed by atoms with van der Waals surface area (Å²) < 4.78 is 0. The van der Waals surface area contributed by atoms with Crippen LogP contribution in [0.4, 0.5) is 0 Å². The van der Waals surface area contributed by atoms with Gasteiger partial charge in [0.15, 0.2) is 0 Å². The molecule has 0 amide bonds. The molecule has 0 fully saturated rings. The summed E-state index contributed by atoms with van der Waals surface area (Å²) in [7, 11) is -1.33. The largest absolute Gasteiger partial charge is 0.373 e. The van der Waals surface area contributed by atoms with Crippen LogP contribution in [0.15, 0.2) is 24.3 Å². The summed E-state index contributed by atoms with van der Waals surface area (Å²) in [5.74, 6) is -0.470. The maximum Gasteiger partial charge on any atom is 0.373 e. The Labute approximate surface area is 116 Å². The summed E-state index contributed by atoms with van der Waals surface area (Å²) in [6.07, 6.45) is 0. The van der Waals surface area contributed by atoms with E-state index in [1.807, 2.05) is 32.9 Å². The molecule has 0 aliphatic carbocycles. The van der Waals surface area contributed by atoms with Gasteiger partial charge in [0.25, 0.3) is 0 Å². The summed E-state index contributed by atoms with van der Waals surface area (Å²) in [5, 5.41) is 1.31. The average Bonchev–Trinajstić information content (AvgIpc) is 2.26. The zero-order chi connectivity index (χ0) is 14.7. The molecule has 0 heterocycles. The van der Waals surface area contributed by atoms with Gasteiger partial charge in [-0.1, -0.05) is 57.7 Å². The molecule has 0 atom stereocenters. The first-order chi connectivity index (χ1) is 8.59. The zero-order valence-corrected chi connectivity index (χ0v) is 13.6. The van der Waals surface area contributed by atoms with E-state index in [0.29, 0.717) is 5.56 Å². The van der Waals surface area contributed by atoms with E-state index < -0.39 is 14.0 Å². The van der Waals surface area contributed by atoms with Gasteiger partial charge >= 0.3 is 5.97 Å². The Morgan fingerprint density at radius 3 is 2.05 bits per heavy atom. The molecule has 0 N–H and O–H groups in total. The highest BCUT2D eigenvalue weighted by molar-refractivity contribution is 6.88. The summed E-state index contributed by atoms with van der Waals surface area (Å²) in [4.78, 5) is 21.3. The van der Waals surface area contributed by atoms with Crippen LogP contribution < -0.4 is 5.19 Å². The van der Waals surface area contributed by atoms with Crippen LogP contribution in [0.5, 0.6) is 0 Å². The van der Waals surface area contributed by atoms with Crippen molar-refractivity contribution >= 4 is 19.2 Å². The van der Waals surface area contributed by atoms with Crippen LogP contribution in [-0.4, -0.2) is 14.0 Å². The van der Waals surface area contributed by atoms with Crippen molar-refractivity contribution in [2.24, 2.45) is 5.41 Å². The number of carbonyl (C=O) groups is 1. The predicted octanol–water partition coefficient (Wildman–Crippen LogP) is 3.53. The normalized spacial score (nSPS) is 12.3. The second-order valence-electron chi connectivity index (χ2n) is 6.78. The van der Waals surface area contributed by atoms with Gasteiger partial charge in [0.05, 0.1) is 13.6 Å². The number of benzene rings is 1.